The molecule has 0 radical (unpaired) electrons. The van der Waals surface area contributed by atoms with Crippen LogP contribution in [0.3, 0.4) is 0 Å². The molecule has 0 aliphatic heterocycles. The molecule has 2 aromatic carbocycles. The van der Waals surface area contributed by atoms with E-state index in [0.717, 1.165) is 5.56 Å². The Labute approximate surface area is 173 Å². The van der Waals surface area contributed by atoms with Crippen LogP contribution in [-0.4, -0.2) is 35.3 Å². The summed E-state index contributed by atoms with van der Waals surface area (Å²) >= 11 is 1.18. The number of carbonyl (C=O) groups excluding carboxylic acids is 3. The van der Waals surface area contributed by atoms with E-state index in [4.69, 9.17) is 0 Å². The van der Waals surface area contributed by atoms with Crippen LogP contribution in [-0.2, 0) is 20.8 Å². The zero-order valence-electron chi connectivity index (χ0n) is 16.3. The fourth-order valence-corrected chi connectivity index (χ4v) is 3.05. The van der Waals surface area contributed by atoms with Crippen LogP contribution in [0.5, 0.6) is 0 Å². The van der Waals surface area contributed by atoms with E-state index in [1.807, 2.05) is 13.8 Å². The Bertz CT molecular complexity index is 839. The first-order chi connectivity index (χ1) is 13.8. The lowest BCUT2D eigenvalue weighted by molar-refractivity contribution is -0.121. The van der Waals surface area contributed by atoms with Crippen LogP contribution in [0.1, 0.15) is 19.4 Å². The predicted molar refractivity (Wildman–Crippen MR) is 114 cm³/mol. The van der Waals surface area contributed by atoms with Gasteiger partial charge in [-0.3, -0.25) is 14.4 Å². The number of carbonyl (C=O) groups is 3. The molecule has 0 spiro atoms. The number of anilines is 2. The van der Waals surface area contributed by atoms with Crippen molar-refractivity contribution in [2.75, 3.05) is 22.1 Å². The fourth-order valence-electron chi connectivity index (χ4n) is 2.43. The summed E-state index contributed by atoms with van der Waals surface area (Å²) in [6.07, 6.45) is 0.283. The summed E-state index contributed by atoms with van der Waals surface area (Å²) in [6, 6.07) is 12.6. The molecule has 6 nitrogen and oxygen atoms in total. The van der Waals surface area contributed by atoms with E-state index in [9.17, 15) is 18.8 Å². The van der Waals surface area contributed by atoms with Crippen molar-refractivity contribution in [2.45, 2.75) is 26.3 Å². The average molecular weight is 418 g/mol. The van der Waals surface area contributed by atoms with Crippen molar-refractivity contribution in [3.05, 3.63) is 59.9 Å². The van der Waals surface area contributed by atoms with Gasteiger partial charge in [0.2, 0.25) is 17.7 Å². The maximum absolute atomic E-state index is 12.8. The van der Waals surface area contributed by atoms with Crippen LogP contribution in [0.15, 0.2) is 48.5 Å². The molecule has 2 aromatic rings. The largest absolute Gasteiger partial charge is 0.354 e. The maximum atomic E-state index is 12.8. The van der Waals surface area contributed by atoms with Crippen LogP contribution in [0, 0.1) is 5.82 Å². The normalized spacial score (nSPS) is 10.5. The lowest BCUT2D eigenvalue weighted by Crippen LogP contribution is -2.31. The van der Waals surface area contributed by atoms with E-state index in [2.05, 4.69) is 16.0 Å². The van der Waals surface area contributed by atoms with E-state index in [-0.39, 0.29) is 47.5 Å². The summed E-state index contributed by atoms with van der Waals surface area (Å²) in [5, 5.41) is 8.21. The minimum atomic E-state index is -0.374. The highest BCUT2D eigenvalue weighted by atomic mass is 32.2. The Kier molecular flexibility index (Phi) is 8.67. The van der Waals surface area contributed by atoms with Gasteiger partial charge >= 0.3 is 0 Å². The van der Waals surface area contributed by atoms with Crippen LogP contribution in [0.4, 0.5) is 15.8 Å². The Hall–Kier alpha value is -2.87. The molecule has 3 N–H and O–H groups in total. The Morgan fingerprint density at radius 2 is 1.31 bits per heavy atom. The molecule has 2 rings (SSSR count). The highest BCUT2D eigenvalue weighted by molar-refractivity contribution is 8.00. The molecule has 154 valence electrons. The predicted octanol–water partition coefficient (Wildman–Crippen LogP) is 3.20. The smallest absolute Gasteiger partial charge is 0.234 e. The van der Waals surface area contributed by atoms with Crippen molar-refractivity contribution in [2.24, 2.45) is 0 Å². The molecule has 0 atom stereocenters. The minimum Gasteiger partial charge on any atom is -0.354 e. The van der Waals surface area contributed by atoms with Gasteiger partial charge in [-0.25, -0.2) is 4.39 Å². The number of hydrogen-bond donors (Lipinski definition) is 3. The number of nitrogens with one attached hydrogen (secondary N) is 3. The van der Waals surface area contributed by atoms with Crippen molar-refractivity contribution in [1.82, 2.24) is 5.32 Å². The van der Waals surface area contributed by atoms with Crippen molar-refractivity contribution in [3.63, 3.8) is 0 Å². The molecule has 0 unspecified atom stereocenters. The number of hydrogen-bond acceptors (Lipinski definition) is 4. The third kappa shape index (κ3) is 8.78. The molecule has 0 aliphatic carbocycles. The van der Waals surface area contributed by atoms with E-state index < -0.39 is 0 Å². The van der Waals surface area contributed by atoms with Gasteiger partial charge in [0.25, 0.3) is 0 Å². The first-order valence-corrected chi connectivity index (χ1v) is 10.3. The van der Waals surface area contributed by atoms with Crippen LogP contribution < -0.4 is 16.0 Å². The van der Waals surface area contributed by atoms with Gasteiger partial charge < -0.3 is 16.0 Å². The van der Waals surface area contributed by atoms with Gasteiger partial charge in [-0.2, -0.15) is 0 Å². The monoisotopic (exact) mass is 417 g/mol. The molecule has 0 aliphatic rings. The Morgan fingerprint density at radius 3 is 1.79 bits per heavy atom. The summed E-state index contributed by atoms with van der Waals surface area (Å²) in [5.74, 6) is -0.689. The molecule has 29 heavy (non-hydrogen) atoms. The Morgan fingerprint density at radius 1 is 0.828 bits per heavy atom. The molecule has 8 heteroatoms. The van der Waals surface area contributed by atoms with Crippen molar-refractivity contribution < 1.29 is 18.8 Å². The SMILES string of the molecule is CC(C)NC(=O)Cc1ccc(NC(=O)CSCC(=O)Nc2ccc(F)cc2)cc1. The quantitative estimate of drug-likeness (QED) is 0.585. The fraction of sp³-hybridized carbons (Fsp3) is 0.286. The Balaban J connectivity index is 1.70. The topological polar surface area (TPSA) is 87.3 Å². The molecule has 0 heterocycles. The van der Waals surface area contributed by atoms with Gasteiger partial charge in [-0.05, 0) is 55.8 Å². The van der Waals surface area contributed by atoms with Crippen molar-refractivity contribution in [3.8, 4) is 0 Å². The standard InChI is InChI=1S/C21H24FN3O3S/c1-14(2)23-19(26)11-15-3-7-17(8-4-15)24-20(27)12-29-13-21(28)25-18-9-5-16(22)6-10-18/h3-10,14H,11-13H2,1-2H3,(H,23,26)(H,24,27)(H,25,28). The van der Waals surface area contributed by atoms with Crippen LogP contribution in [0.25, 0.3) is 0 Å². The molecular formula is C21H24FN3O3S. The van der Waals surface area contributed by atoms with Crippen LogP contribution in [0.2, 0.25) is 0 Å². The molecule has 0 fully saturated rings. The van der Waals surface area contributed by atoms with E-state index in [1.54, 1.807) is 24.3 Å². The summed E-state index contributed by atoms with van der Waals surface area (Å²) in [7, 11) is 0. The van der Waals surface area contributed by atoms with E-state index in [1.165, 1.54) is 36.0 Å². The summed E-state index contributed by atoms with van der Waals surface area (Å²) in [4.78, 5) is 35.6. The van der Waals surface area contributed by atoms with Gasteiger partial charge in [-0.1, -0.05) is 12.1 Å². The molecule has 0 bridgehead atoms. The lowest BCUT2D eigenvalue weighted by atomic mass is 10.1. The van der Waals surface area contributed by atoms with Gasteiger partial charge in [0, 0.05) is 17.4 Å². The average Bonchev–Trinajstić information content (AvgIpc) is 2.64. The summed E-state index contributed by atoms with van der Waals surface area (Å²) in [5.41, 5.74) is 1.98. The summed E-state index contributed by atoms with van der Waals surface area (Å²) in [6.45, 7) is 3.81. The number of benzene rings is 2. The molecule has 0 aromatic heterocycles. The molecular weight excluding hydrogens is 393 g/mol. The number of halogens is 1. The second-order valence-corrected chi connectivity index (χ2v) is 7.68. The summed E-state index contributed by atoms with van der Waals surface area (Å²) < 4.78 is 12.8. The first-order valence-electron chi connectivity index (χ1n) is 9.13. The zero-order valence-corrected chi connectivity index (χ0v) is 17.1. The zero-order chi connectivity index (χ0) is 21.2. The molecule has 0 saturated heterocycles. The van der Waals surface area contributed by atoms with Crippen molar-refractivity contribution >= 4 is 40.9 Å². The van der Waals surface area contributed by atoms with E-state index in [0.29, 0.717) is 11.4 Å². The molecule has 3 amide bonds. The van der Waals surface area contributed by atoms with E-state index >= 15 is 0 Å². The highest BCUT2D eigenvalue weighted by Gasteiger charge is 2.08. The van der Waals surface area contributed by atoms with Gasteiger partial charge in [-0.15, -0.1) is 11.8 Å². The van der Waals surface area contributed by atoms with Gasteiger partial charge in [0.05, 0.1) is 17.9 Å². The van der Waals surface area contributed by atoms with Crippen molar-refractivity contribution in [1.29, 1.82) is 0 Å². The number of rotatable bonds is 9. The third-order valence-corrected chi connectivity index (χ3v) is 4.58. The third-order valence-electron chi connectivity index (χ3n) is 3.65. The molecule has 0 saturated carbocycles. The highest BCUT2D eigenvalue weighted by Crippen LogP contribution is 2.12. The first kappa shape index (κ1) is 22.4. The number of thioether (sulfide) groups is 1. The second-order valence-electron chi connectivity index (χ2n) is 6.69. The minimum absolute atomic E-state index is 0.0490. The second kappa shape index (κ2) is 11.2. The number of amides is 3. The van der Waals surface area contributed by atoms with Gasteiger partial charge in [0.1, 0.15) is 5.82 Å². The lowest BCUT2D eigenvalue weighted by Gasteiger charge is -2.09. The van der Waals surface area contributed by atoms with Gasteiger partial charge in [0.15, 0.2) is 0 Å². The maximum Gasteiger partial charge on any atom is 0.234 e. The van der Waals surface area contributed by atoms with Crippen LogP contribution >= 0.6 is 11.8 Å².